The number of rotatable bonds is 3. The number of aryl methyl sites for hydroxylation is 9. The van der Waals surface area contributed by atoms with Crippen LogP contribution in [0.2, 0.25) is 0 Å². The van der Waals surface area contributed by atoms with E-state index < -0.39 is 18.8 Å². The van der Waals surface area contributed by atoms with Crippen molar-refractivity contribution in [2.75, 3.05) is 0 Å². The topological polar surface area (TPSA) is 0 Å². The summed E-state index contributed by atoms with van der Waals surface area (Å²) in [5, 5.41) is 0. The Kier molecular flexibility index (Phi) is 6.51. The average molecular weight is 645 g/mol. The Bertz CT molecular complexity index is 899. The summed E-state index contributed by atoms with van der Waals surface area (Å²) in [7, 11) is 0. The first-order valence-electron chi connectivity index (χ1n) is 10.4. The molecule has 0 spiro atoms. The minimum atomic E-state index is -3.61. The maximum atomic E-state index is 4.61. The number of benzene rings is 3. The maximum absolute atomic E-state index is 4.61. The molecule has 0 unspecified atom stereocenters. The van der Waals surface area contributed by atoms with Crippen molar-refractivity contribution in [2.24, 2.45) is 0 Å². The summed E-state index contributed by atoms with van der Waals surface area (Å²) in [5.41, 5.74) is 12.6. The zero-order chi connectivity index (χ0) is 21.7. The predicted molar refractivity (Wildman–Crippen MR) is 136 cm³/mol. The second kappa shape index (κ2) is 8.30. The second-order valence-electron chi connectivity index (χ2n) is 8.98. The third-order valence-corrected chi connectivity index (χ3v) is 33.7. The van der Waals surface area contributed by atoms with Crippen molar-refractivity contribution in [2.45, 2.75) is 62.3 Å². The van der Waals surface area contributed by atoms with E-state index in [1.54, 1.807) is 9.37 Å². The van der Waals surface area contributed by atoms with Gasteiger partial charge in [-0.15, -0.1) is 0 Å². The van der Waals surface area contributed by atoms with E-state index in [2.05, 4.69) is 111 Å². The zero-order valence-electron chi connectivity index (χ0n) is 19.3. The Morgan fingerprint density at radius 1 is 0.414 bits per heavy atom. The summed E-state index contributed by atoms with van der Waals surface area (Å²) in [6.45, 7) is 20.5. The van der Waals surface area contributed by atoms with E-state index >= 15 is 0 Å². The van der Waals surface area contributed by atoms with Gasteiger partial charge in [-0.25, -0.2) is 0 Å². The van der Waals surface area contributed by atoms with Crippen LogP contribution in [0.4, 0.5) is 0 Å². The normalized spacial score (nSPS) is 11.8. The van der Waals surface area contributed by atoms with Crippen LogP contribution in [0.3, 0.4) is 0 Å². The summed E-state index contributed by atoms with van der Waals surface area (Å²) >= 11 is 1.00. The van der Waals surface area contributed by atoms with E-state index in [-0.39, 0.29) is 0 Å². The molecule has 0 radical (unpaired) electrons. The van der Waals surface area contributed by atoms with Crippen molar-refractivity contribution < 1.29 is 0 Å². The molecule has 0 aliphatic rings. The van der Waals surface area contributed by atoms with Crippen LogP contribution in [-0.2, 0) is 0 Å². The van der Waals surface area contributed by atoms with Gasteiger partial charge in [0, 0.05) is 0 Å². The SMILES string of the molecule is Cc1cc(C)[c]([Pb]([Br])([c]2c(C)cc(C)cc2C)[c]2c(C)cc(C)cc2C)c(C)c1. The second-order valence-corrected chi connectivity index (χ2v) is 30.4. The number of hydrogen-bond donors (Lipinski definition) is 0. The molecule has 0 bridgehead atoms. The molecule has 0 aliphatic heterocycles. The van der Waals surface area contributed by atoms with Crippen LogP contribution in [0.25, 0.3) is 0 Å². The Hall–Kier alpha value is -0.938. The van der Waals surface area contributed by atoms with E-state index in [9.17, 15) is 0 Å². The minimum absolute atomic E-state index is 1.35. The van der Waals surface area contributed by atoms with E-state index in [4.69, 9.17) is 0 Å². The van der Waals surface area contributed by atoms with Gasteiger partial charge >= 0.3 is 189 Å². The van der Waals surface area contributed by atoms with Crippen molar-refractivity contribution in [1.29, 1.82) is 0 Å². The van der Waals surface area contributed by atoms with Crippen LogP contribution in [-0.4, -0.2) is 18.8 Å². The number of halogens is 1. The Morgan fingerprint density at radius 3 is 0.759 bits per heavy atom. The van der Waals surface area contributed by atoms with Gasteiger partial charge in [0.05, 0.1) is 0 Å². The molecule has 0 aromatic heterocycles. The molecule has 0 amide bonds. The molecular weight excluding hydrogens is 611 g/mol. The quantitative estimate of drug-likeness (QED) is 0.316. The fraction of sp³-hybridized carbons (Fsp3) is 0.333. The molecule has 3 rings (SSSR count). The van der Waals surface area contributed by atoms with Crippen molar-refractivity contribution in [1.82, 2.24) is 0 Å². The summed E-state index contributed by atoms with van der Waals surface area (Å²) in [6, 6.07) is 14.2. The zero-order valence-corrected chi connectivity index (χ0v) is 24.8. The van der Waals surface area contributed by atoms with E-state index in [1.165, 1.54) is 50.1 Å². The molecule has 0 aliphatic carbocycles. The Labute approximate surface area is 187 Å². The van der Waals surface area contributed by atoms with Gasteiger partial charge < -0.3 is 0 Å². The van der Waals surface area contributed by atoms with E-state index in [1.807, 2.05) is 0 Å². The standard InChI is InChI=1S/3C9H11.BrH.Pb/c3*1-7-4-8(2)6-9(3)5-7;;/h3*4-5H,1-3H3;1H;/q;;;;+1/p-1. The van der Waals surface area contributed by atoms with Crippen LogP contribution in [0, 0.1) is 62.3 Å². The first-order valence-corrected chi connectivity index (χ1v) is 24.7. The molecule has 0 atom stereocenters. The molecule has 3 aromatic rings. The molecule has 0 saturated heterocycles. The monoisotopic (exact) mass is 644 g/mol. The molecule has 0 fully saturated rings. The summed E-state index contributed by atoms with van der Waals surface area (Å²) in [4.78, 5) is 0. The number of hydrogen-bond acceptors (Lipinski definition) is 0. The van der Waals surface area contributed by atoms with Gasteiger partial charge in [-0.1, -0.05) is 0 Å². The summed E-state index contributed by atoms with van der Waals surface area (Å²) in [5.74, 6) is 0. The molecule has 2 heteroatoms. The van der Waals surface area contributed by atoms with Crippen molar-refractivity contribution in [3.63, 3.8) is 0 Å². The average Bonchev–Trinajstić information content (AvgIpc) is 2.51. The van der Waals surface area contributed by atoms with Crippen molar-refractivity contribution in [3.8, 4) is 0 Å². The molecule has 0 N–H and O–H groups in total. The van der Waals surface area contributed by atoms with Gasteiger partial charge in [0.2, 0.25) is 0 Å². The molecule has 152 valence electrons. The fourth-order valence-corrected chi connectivity index (χ4v) is 39.3. The van der Waals surface area contributed by atoms with Crippen LogP contribution in [0.5, 0.6) is 0 Å². The molecule has 0 nitrogen and oxygen atoms in total. The molecule has 0 saturated carbocycles. The van der Waals surface area contributed by atoms with Crippen molar-refractivity contribution >= 4 is 40.1 Å². The van der Waals surface area contributed by atoms with Crippen LogP contribution in [0.1, 0.15) is 50.1 Å². The predicted octanol–water partition coefficient (Wildman–Crippen LogP) is 5.82. The fourth-order valence-electron chi connectivity index (χ4n) is 5.55. The first-order chi connectivity index (χ1) is 13.5. The van der Waals surface area contributed by atoms with Gasteiger partial charge in [0.25, 0.3) is 0 Å². The molecular formula is C27H33BrPb. The molecule has 0 heterocycles. The molecule has 3 aromatic carbocycles. The molecule has 29 heavy (non-hydrogen) atoms. The van der Waals surface area contributed by atoms with Crippen molar-refractivity contribution in [3.05, 3.63) is 86.5 Å². The first kappa shape index (κ1) is 22.7. The van der Waals surface area contributed by atoms with E-state index in [0.29, 0.717) is 0 Å². The Morgan fingerprint density at radius 2 is 0.586 bits per heavy atom. The summed E-state index contributed by atoms with van der Waals surface area (Å²) < 4.78 is 4.77. The third kappa shape index (κ3) is 4.02. The van der Waals surface area contributed by atoms with Gasteiger partial charge in [0.1, 0.15) is 0 Å². The van der Waals surface area contributed by atoms with Gasteiger partial charge in [-0.05, 0) is 0 Å². The van der Waals surface area contributed by atoms with Crippen LogP contribution >= 0.6 is 12.0 Å². The van der Waals surface area contributed by atoms with Crippen LogP contribution in [0.15, 0.2) is 36.4 Å². The van der Waals surface area contributed by atoms with Gasteiger partial charge in [-0.3, -0.25) is 0 Å². The van der Waals surface area contributed by atoms with E-state index in [0.717, 1.165) is 0 Å². The third-order valence-electron chi connectivity index (χ3n) is 6.06. The van der Waals surface area contributed by atoms with Crippen LogP contribution < -0.4 is 9.37 Å². The van der Waals surface area contributed by atoms with Gasteiger partial charge in [0.15, 0.2) is 0 Å². The van der Waals surface area contributed by atoms with Gasteiger partial charge in [-0.2, -0.15) is 0 Å². The Balaban J connectivity index is 2.55. The summed E-state index contributed by atoms with van der Waals surface area (Å²) in [6.07, 6.45) is 0.